The lowest BCUT2D eigenvalue weighted by atomic mass is 10.1. The maximum absolute atomic E-state index is 12.6. The lowest BCUT2D eigenvalue weighted by Gasteiger charge is -2.10. The molecule has 122 valence electrons. The fourth-order valence-corrected chi connectivity index (χ4v) is 3.54. The van der Waals surface area contributed by atoms with Crippen molar-refractivity contribution < 1.29 is 9.59 Å². The van der Waals surface area contributed by atoms with Gasteiger partial charge in [-0.25, -0.2) is 0 Å². The van der Waals surface area contributed by atoms with Crippen molar-refractivity contribution in [3.63, 3.8) is 0 Å². The van der Waals surface area contributed by atoms with Crippen molar-refractivity contribution >= 4 is 38.9 Å². The van der Waals surface area contributed by atoms with Crippen molar-refractivity contribution in [2.75, 3.05) is 19.4 Å². The van der Waals surface area contributed by atoms with Crippen LogP contribution in [0.4, 0.5) is 5.69 Å². The number of benzene rings is 1. The number of pyridine rings is 1. The smallest absolute Gasteiger partial charge is 0.272 e. The second-order valence-electron chi connectivity index (χ2n) is 5.64. The lowest BCUT2D eigenvalue weighted by Crippen LogP contribution is -2.23. The minimum atomic E-state index is -0.204. The normalized spacial score (nSPS) is 10.6. The summed E-state index contributed by atoms with van der Waals surface area (Å²) in [5.41, 5.74) is 1.81. The van der Waals surface area contributed by atoms with E-state index in [1.165, 1.54) is 22.4 Å². The van der Waals surface area contributed by atoms with Gasteiger partial charge in [-0.2, -0.15) is 0 Å². The molecule has 0 saturated carbocycles. The zero-order valence-corrected chi connectivity index (χ0v) is 14.5. The van der Waals surface area contributed by atoms with E-state index in [9.17, 15) is 9.59 Å². The van der Waals surface area contributed by atoms with Gasteiger partial charge in [0.25, 0.3) is 11.8 Å². The highest BCUT2D eigenvalue weighted by atomic mass is 32.1. The predicted molar refractivity (Wildman–Crippen MR) is 96.8 cm³/mol. The third-order valence-corrected chi connectivity index (χ3v) is 4.96. The van der Waals surface area contributed by atoms with Crippen molar-refractivity contribution in [1.82, 2.24) is 9.88 Å². The van der Waals surface area contributed by atoms with Gasteiger partial charge in [-0.1, -0.05) is 18.2 Å². The molecule has 1 aromatic carbocycles. The molecule has 3 rings (SSSR count). The van der Waals surface area contributed by atoms with Gasteiger partial charge in [0.05, 0.1) is 4.88 Å². The van der Waals surface area contributed by atoms with Gasteiger partial charge in [-0.15, -0.1) is 11.3 Å². The van der Waals surface area contributed by atoms with Gasteiger partial charge in [0.1, 0.15) is 5.69 Å². The number of hydrogen-bond donors (Lipinski definition) is 1. The second kappa shape index (κ2) is 6.41. The third kappa shape index (κ3) is 3.00. The average Bonchev–Trinajstić information content (AvgIpc) is 2.92. The zero-order chi connectivity index (χ0) is 17.3. The standard InChI is InChI=1S/C18H17N3O2S/c1-11-13-6-4-5-7-15(13)24-16(11)17(22)20-12-8-9-19-14(10-12)18(23)21(2)3/h4-10H,1-3H3,(H,19,20,22). The van der Waals surface area contributed by atoms with Crippen LogP contribution >= 0.6 is 11.3 Å². The first-order valence-corrected chi connectivity index (χ1v) is 8.26. The molecule has 2 aromatic heterocycles. The molecule has 2 amide bonds. The first kappa shape index (κ1) is 16.1. The Morgan fingerprint density at radius 2 is 1.92 bits per heavy atom. The molecule has 0 radical (unpaired) electrons. The van der Waals surface area contributed by atoms with Crippen molar-refractivity contribution in [3.05, 3.63) is 58.7 Å². The van der Waals surface area contributed by atoms with Gasteiger partial charge in [-0.3, -0.25) is 14.6 Å². The largest absolute Gasteiger partial charge is 0.343 e. The van der Waals surface area contributed by atoms with E-state index >= 15 is 0 Å². The Morgan fingerprint density at radius 1 is 1.17 bits per heavy atom. The number of aryl methyl sites for hydroxylation is 1. The number of nitrogens with one attached hydrogen (secondary N) is 1. The fraction of sp³-hybridized carbons (Fsp3) is 0.167. The van der Waals surface area contributed by atoms with E-state index < -0.39 is 0 Å². The molecule has 5 nitrogen and oxygen atoms in total. The van der Waals surface area contributed by atoms with Crippen LogP contribution in [0.5, 0.6) is 0 Å². The van der Waals surface area contributed by atoms with Crippen LogP contribution in [0.25, 0.3) is 10.1 Å². The quantitative estimate of drug-likeness (QED) is 0.793. The van der Waals surface area contributed by atoms with E-state index in [-0.39, 0.29) is 11.8 Å². The van der Waals surface area contributed by atoms with Crippen LogP contribution in [0.15, 0.2) is 42.6 Å². The summed E-state index contributed by atoms with van der Waals surface area (Å²) in [6, 6.07) is 11.2. The van der Waals surface area contributed by atoms with Crippen LogP contribution in [0.2, 0.25) is 0 Å². The first-order valence-electron chi connectivity index (χ1n) is 7.44. The molecule has 0 unspecified atom stereocenters. The minimum Gasteiger partial charge on any atom is -0.343 e. The van der Waals surface area contributed by atoms with Crippen LogP contribution in [-0.4, -0.2) is 35.8 Å². The van der Waals surface area contributed by atoms with E-state index in [1.54, 1.807) is 26.2 Å². The predicted octanol–water partition coefficient (Wildman–Crippen LogP) is 3.56. The summed E-state index contributed by atoms with van der Waals surface area (Å²) >= 11 is 1.46. The summed E-state index contributed by atoms with van der Waals surface area (Å²) < 4.78 is 1.08. The number of carbonyl (C=O) groups excluding carboxylic acids is 2. The number of thiophene rings is 1. The SMILES string of the molecule is Cc1c(C(=O)Nc2ccnc(C(=O)N(C)C)c2)sc2ccccc12. The van der Waals surface area contributed by atoms with Crippen LogP contribution < -0.4 is 5.32 Å². The van der Waals surface area contributed by atoms with Gasteiger partial charge >= 0.3 is 0 Å². The molecule has 24 heavy (non-hydrogen) atoms. The summed E-state index contributed by atoms with van der Waals surface area (Å²) in [6.45, 7) is 1.95. The Bertz CT molecular complexity index is 931. The summed E-state index contributed by atoms with van der Waals surface area (Å²) in [6.07, 6.45) is 1.52. The molecule has 0 aliphatic rings. The molecule has 0 aliphatic heterocycles. The van der Waals surface area contributed by atoms with E-state index in [4.69, 9.17) is 0 Å². The molecular weight excluding hydrogens is 322 g/mol. The fourth-order valence-electron chi connectivity index (χ4n) is 2.43. The van der Waals surface area contributed by atoms with Crippen LogP contribution in [-0.2, 0) is 0 Å². The number of nitrogens with zero attached hydrogens (tertiary/aromatic N) is 2. The number of amides is 2. The first-order chi connectivity index (χ1) is 11.5. The molecule has 0 spiro atoms. The van der Waals surface area contributed by atoms with Crippen LogP contribution in [0, 0.1) is 6.92 Å². The molecule has 0 aliphatic carbocycles. The monoisotopic (exact) mass is 339 g/mol. The molecular formula is C18H17N3O2S. The van der Waals surface area contributed by atoms with Crippen molar-refractivity contribution in [3.8, 4) is 0 Å². The summed E-state index contributed by atoms with van der Waals surface area (Å²) in [7, 11) is 3.33. The Balaban J connectivity index is 1.88. The maximum Gasteiger partial charge on any atom is 0.272 e. The number of hydrogen-bond acceptors (Lipinski definition) is 4. The highest BCUT2D eigenvalue weighted by Crippen LogP contribution is 2.31. The Labute approximate surface area is 143 Å². The summed E-state index contributed by atoms with van der Waals surface area (Å²) in [4.78, 5) is 30.8. The molecule has 1 N–H and O–H groups in total. The lowest BCUT2D eigenvalue weighted by molar-refractivity contribution is 0.0821. The van der Waals surface area contributed by atoms with E-state index in [1.807, 2.05) is 31.2 Å². The Hall–Kier alpha value is -2.73. The second-order valence-corrected chi connectivity index (χ2v) is 6.69. The Kier molecular flexibility index (Phi) is 4.31. The molecule has 2 heterocycles. The van der Waals surface area contributed by atoms with Gasteiger partial charge in [-0.05, 0) is 36.1 Å². The van der Waals surface area contributed by atoms with Crippen molar-refractivity contribution in [1.29, 1.82) is 0 Å². The maximum atomic E-state index is 12.6. The Morgan fingerprint density at radius 3 is 2.62 bits per heavy atom. The van der Waals surface area contributed by atoms with Gasteiger partial charge in [0.2, 0.25) is 0 Å². The van der Waals surface area contributed by atoms with E-state index in [2.05, 4.69) is 10.3 Å². The number of rotatable bonds is 3. The van der Waals surface area contributed by atoms with Crippen molar-refractivity contribution in [2.24, 2.45) is 0 Å². The molecule has 0 bridgehead atoms. The summed E-state index contributed by atoms with van der Waals surface area (Å²) in [5.74, 6) is -0.382. The molecule has 0 atom stereocenters. The highest BCUT2D eigenvalue weighted by molar-refractivity contribution is 7.21. The topological polar surface area (TPSA) is 62.3 Å². The van der Waals surface area contributed by atoms with Crippen molar-refractivity contribution in [2.45, 2.75) is 6.92 Å². The molecule has 0 saturated heterocycles. The van der Waals surface area contributed by atoms with E-state index in [0.717, 1.165) is 15.6 Å². The molecule has 3 aromatic rings. The van der Waals surface area contributed by atoms with E-state index in [0.29, 0.717) is 16.3 Å². The average molecular weight is 339 g/mol. The molecule has 6 heteroatoms. The van der Waals surface area contributed by atoms with Gasteiger partial charge in [0.15, 0.2) is 0 Å². The highest BCUT2D eigenvalue weighted by Gasteiger charge is 2.16. The number of carbonyl (C=O) groups is 2. The number of fused-ring (bicyclic) bond motifs is 1. The van der Waals surface area contributed by atoms with Gasteiger partial charge < -0.3 is 10.2 Å². The third-order valence-electron chi connectivity index (χ3n) is 3.69. The number of anilines is 1. The van der Waals surface area contributed by atoms with Crippen LogP contribution in [0.1, 0.15) is 25.7 Å². The number of aromatic nitrogens is 1. The van der Waals surface area contributed by atoms with Gasteiger partial charge in [0, 0.05) is 30.7 Å². The van der Waals surface area contributed by atoms with Crippen LogP contribution in [0.3, 0.4) is 0 Å². The zero-order valence-electron chi connectivity index (χ0n) is 13.7. The summed E-state index contributed by atoms with van der Waals surface area (Å²) in [5, 5.41) is 3.94. The minimum absolute atomic E-state index is 0.178. The molecule has 0 fully saturated rings.